The molecule has 0 aromatic carbocycles. The van der Waals surface area contributed by atoms with E-state index in [1.54, 1.807) is 0 Å². The van der Waals surface area contributed by atoms with E-state index in [0.29, 0.717) is 19.4 Å². The molecule has 1 amide bonds. The number of aliphatic hydroxyl groups is 1. The highest BCUT2D eigenvalue weighted by molar-refractivity contribution is 5.65. The van der Waals surface area contributed by atoms with Crippen molar-refractivity contribution >= 4 is 6.09 Å². The topological polar surface area (TPSA) is 86.8 Å². The zero-order chi connectivity index (χ0) is 9.14. The molecule has 1 aliphatic rings. The van der Waals surface area contributed by atoms with Crippen molar-refractivity contribution in [1.82, 2.24) is 4.90 Å². The van der Waals surface area contributed by atoms with Crippen LogP contribution in [0.5, 0.6) is 0 Å². The van der Waals surface area contributed by atoms with Gasteiger partial charge in [0.25, 0.3) is 0 Å². The van der Waals surface area contributed by atoms with Gasteiger partial charge in [0.15, 0.2) is 0 Å². The molecular formula is C7H14N2O3. The number of aliphatic hydroxyl groups excluding tert-OH is 1. The van der Waals surface area contributed by atoms with Crippen LogP contribution < -0.4 is 5.73 Å². The smallest absolute Gasteiger partial charge is 0.407 e. The van der Waals surface area contributed by atoms with E-state index in [1.807, 2.05) is 0 Å². The molecular weight excluding hydrogens is 160 g/mol. The Morgan fingerprint density at radius 2 is 2.25 bits per heavy atom. The fraction of sp³-hybridized carbons (Fsp3) is 0.857. The predicted octanol–water partition coefficient (Wildman–Crippen LogP) is -0.552. The summed E-state index contributed by atoms with van der Waals surface area (Å²) >= 11 is 0. The highest BCUT2D eigenvalue weighted by Gasteiger charge is 2.24. The number of hydrogen-bond acceptors (Lipinski definition) is 3. The fourth-order valence-corrected chi connectivity index (χ4v) is 1.35. The molecule has 0 radical (unpaired) electrons. The van der Waals surface area contributed by atoms with Crippen molar-refractivity contribution in [2.45, 2.75) is 25.0 Å². The zero-order valence-electron chi connectivity index (χ0n) is 6.81. The van der Waals surface area contributed by atoms with Gasteiger partial charge >= 0.3 is 6.09 Å². The van der Waals surface area contributed by atoms with E-state index in [1.165, 1.54) is 4.90 Å². The van der Waals surface area contributed by atoms with E-state index in [0.717, 1.165) is 0 Å². The van der Waals surface area contributed by atoms with Gasteiger partial charge in [0.1, 0.15) is 0 Å². The van der Waals surface area contributed by atoms with Gasteiger partial charge in [0.05, 0.1) is 6.10 Å². The van der Waals surface area contributed by atoms with Crippen molar-refractivity contribution < 1.29 is 15.0 Å². The predicted molar refractivity (Wildman–Crippen MR) is 42.8 cm³/mol. The number of likely N-dealkylation sites (tertiary alicyclic amines) is 1. The second-order valence-electron chi connectivity index (χ2n) is 3.10. The minimum atomic E-state index is -0.959. The average Bonchev–Trinajstić information content (AvgIpc) is 2.15. The summed E-state index contributed by atoms with van der Waals surface area (Å²) in [6.07, 6.45) is -0.250. The lowest BCUT2D eigenvalue weighted by atomic mass is 10.1. The molecule has 0 aliphatic carbocycles. The Morgan fingerprint density at radius 1 is 1.58 bits per heavy atom. The first-order chi connectivity index (χ1) is 5.61. The Labute approximate surface area is 70.8 Å². The molecule has 1 saturated heterocycles. The number of carbonyl (C=O) groups is 1. The summed E-state index contributed by atoms with van der Waals surface area (Å²) in [6, 6.07) is -0.441. The first-order valence-corrected chi connectivity index (χ1v) is 4.03. The van der Waals surface area contributed by atoms with Gasteiger partial charge in [-0.05, 0) is 12.8 Å². The minimum absolute atomic E-state index is 0.233. The molecule has 0 spiro atoms. The molecule has 70 valence electrons. The first-order valence-electron chi connectivity index (χ1n) is 4.03. The molecule has 0 saturated carbocycles. The van der Waals surface area contributed by atoms with Crippen LogP contribution in [0.25, 0.3) is 0 Å². The third kappa shape index (κ3) is 2.09. The van der Waals surface area contributed by atoms with Gasteiger partial charge in [-0.25, -0.2) is 4.79 Å². The maximum absolute atomic E-state index is 10.5. The van der Waals surface area contributed by atoms with Crippen LogP contribution in [0.2, 0.25) is 0 Å². The van der Waals surface area contributed by atoms with Crippen molar-refractivity contribution in [2.24, 2.45) is 5.73 Å². The number of amides is 1. The van der Waals surface area contributed by atoms with E-state index in [-0.39, 0.29) is 6.54 Å². The molecule has 0 aromatic heterocycles. The molecule has 1 rings (SSSR count). The summed E-state index contributed by atoms with van der Waals surface area (Å²) in [5.74, 6) is 0. The van der Waals surface area contributed by atoms with Crippen molar-refractivity contribution in [3.8, 4) is 0 Å². The Morgan fingerprint density at radius 3 is 2.83 bits per heavy atom. The largest absolute Gasteiger partial charge is 0.465 e. The van der Waals surface area contributed by atoms with E-state index < -0.39 is 18.2 Å². The molecule has 1 fully saturated rings. The minimum Gasteiger partial charge on any atom is -0.465 e. The van der Waals surface area contributed by atoms with Crippen LogP contribution in [0.15, 0.2) is 0 Å². The molecule has 0 aromatic rings. The molecule has 12 heavy (non-hydrogen) atoms. The summed E-state index contributed by atoms with van der Waals surface area (Å²) in [5, 5.41) is 18.0. The third-order valence-corrected chi connectivity index (χ3v) is 2.12. The lowest BCUT2D eigenvalue weighted by molar-refractivity contribution is 0.123. The molecule has 1 aliphatic heterocycles. The molecule has 2 atom stereocenters. The summed E-state index contributed by atoms with van der Waals surface area (Å²) in [4.78, 5) is 11.8. The van der Waals surface area contributed by atoms with E-state index >= 15 is 0 Å². The lowest BCUT2D eigenvalue weighted by Gasteiger charge is -2.20. The number of nitrogens with two attached hydrogens (primary N) is 1. The average molecular weight is 174 g/mol. The monoisotopic (exact) mass is 174 g/mol. The van der Waals surface area contributed by atoms with Gasteiger partial charge in [-0.15, -0.1) is 0 Å². The summed E-state index contributed by atoms with van der Waals surface area (Å²) in [7, 11) is 0. The second kappa shape index (κ2) is 3.73. The standard InChI is InChI=1S/C7H14N2O3/c8-5-4-9(7(11)12)3-1-2-6(5)10/h5-6,10H,1-4,8H2,(H,11,12). The molecule has 4 N–H and O–H groups in total. The molecule has 5 heteroatoms. The molecule has 1 heterocycles. The third-order valence-electron chi connectivity index (χ3n) is 2.12. The number of carboxylic acid groups (broad SMARTS) is 1. The van der Waals surface area contributed by atoms with Crippen molar-refractivity contribution in [3.63, 3.8) is 0 Å². The summed E-state index contributed by atoms with van der Waals surface area (Å²) in [5.41, 5.74) is 5.55. The van der Waals surface area contributed by atoms with Gasteiger partial charge in [-0.2, -0.15) is 0 Å². The highest BCUT2D eigenvalue weighted by atomic mass is 16.4. The van der Waals surface area contributed by atoms with Crippen LogP contribution in [-0.2, 0) is 0 Å². The zero-order valence-corrected chi connectivity index (χ0v) is 6.81. The van der Waals surface area contributed by atoms with Crippen LogP contribution in [-0.4, -0.2) is 46.4 Å². The maximum atomic E-state index is 10.5. The number of hydrogen-bond donors (Lipinski definition) is 3. The Kier molecular flexibility index (Phi) is 2.88. The Bertz CT molecular complexity index is 174. The van der Waals surface area contributed by atoms with Crippen LogP contribution in [0.1, 0.15) is 12.8 Å². The van der Waals surface area contributed by atoms with E-state index in [9.17, 15) is 9.90 Å². The maximum Gasteiger partial charge on any atom is 0.407 e. The normalized spacial score (nSPS) is 31.3. The number of rotatable bonds is 0. The van der Waals surface area contributed by atoms with Gasteiger partial charge in [0, 0.05) is 19.1 Å². The summed E-state index contributed by atoms with van der Waals surface area (Å²) in [6.45, 7) is 0.705. The molecule has 0 bridgehead atoms. The number of nitrogens with zero attached hydrogens (tertiary/aromatic N) is 1. The van der Waals surface area contributed by atoms with E-state index in [4.69, 9.17) is 10.8 Å². The van der Waals surface area contributed by atoms with Crippen LogP contribution in [0, 0.1) is 0 Å². The van der Waals surface area contributed by atoms with Gasteiger partial charge < -0.3 is 20.8 Å². The van der Waals surface area contributed by atoms with Crippen molar-refractivity contribution in [2.75, 3.05) is 13.1 Å². The quantitative estimate of drug-likeness (QED) is 0.460. The Balaban J connectivity index is 2.54. The SMILES string of the molecule is NC1CN(C(=O)O)CCCC1O. The fourth-order valence-electron chi connectivity index (χ4n) is 1.35. The second-order valence-corrected chi connectivity index (χ2v) is 3.10. The highest BCUT2D eigenvalue weighted by Crippen LogP contribution is 2.09. The Hall–Kier alpha value is -0.810. The molecule has 2 unspecified atom stereocenters. The van der Waals surface area contributed by atoms with Gasteiger partial charge in [-0.3, -0.25) is 0 Å². The van der Waals surface area contributed by atoms with Gasteiger partial charge in [-0.1, -0.05) is 0 Å². The first kappa shape index (κ1) is 9.28. The van der Waals surface area contributed by atoms with Gasteiger partial charge in [0.2, 0.25) is 0 Å². The van der Waals surface area contributed by atoms with Crippen LogP contribution in [0.3, 0.4) is 0 Å². The van der Waals surface area contributed by atoms with E-state index in [2.05, 4.69) is 0 Å². The van der Waals surface area contributed by atoms with Crippen molar-refractivity contribution in [1.29, 1.82) is 0 Å². The van der Waals surface area contributed by atoms with Crippen molar-refractivity contribution in [3.05, 3.63) is 0 Å². The molecule has 5 nitrogen and oxygen atoms in total. The van der Waals surface area contributed by atoms with Crippen LogP contribution >= 0.6 is 0 Å². The summed E-state index contributed by atoms with van der Waals surface area (Å²) < 4.78 is 0. The lowest BCUT2D eigenvalue weighted by Crippen LogP contribution is -2.44. The van der Waals surface area contributed by atoms with Crippen LogP contribution in [0.4, 0.5) is 4.79 Å².